The fourth-order valence-corrected chi connectivity index (χ4v) is 2.47. The van der Waals surface area contributed by atoms with Gasteiger partial charge in [0.25, 0.3) is 5.91 Å². The highest BCUT2D eigenvalue weighted by Crippen LogP contribution is 2.17. The predicted octanol–water partition coefficient (Wildman–Crippen LogP) is 2.10. The van der Waals surface area contributed by atoms with Gasteiger partial charge in [0, 0.05) is 25.2 Å². The molecule has 0 saturated carbocycles. The van der Waals surface area contributed by atoms with E-state index < -0.39 is 17.5 Å². The van der Waals surface area contributed by atoms with E-state index >= 15 is 0 Å². The van der Waals surface area contributed by atoms with Crippen LogP contribution in [0.3, 0.4) is 0 Å². The first kappa shape index (κ1) is 13.9. The maximum absolute atomic E-state index is 13.8. The van der Waals surface area contributed by atoms with Crippen molar-refractivity contribution in [3.63, 3.8) is 0 Å². The maximum atomic E-state index is 13.8. The van der Waals surface area contributed by atoms with Gasteiger partial charge in [0.15, 0.2) is 0 Å². The number of carbonyl (C=O) groups excluding carboxylic acids is 1. The van der Waals surface area contributed by atoms with Crippen molar-refractivity contribution >= 4 is 5.91 Å². The molecule has 0 bridgehead atoms. The molecule has 5 heteroatoms. The van der Waals surface area contributed by atoms with E-state index in [1.54, 1.807) is 4.90 Å². The van der Waals surface area contributed by atoms with Gasteiger partial charge >= 0.3 is 0 Å². The number of carbonyl (C=O) groups is 1. The van der Waals surface area contributed by atoms with Crippen molar-refractivity contribution in [2.45, 2.75) is 32.9 Å². The summed E-state index contributed by atoms with van der Waals surface area (Å²) in [5.41, 5.74) is 0.0143. The normalized spacial score (nSPS) is 23.5. The van der Waals surface area contributed by atoms with Crippen molar-refractivity contribution in [2.75, 3.05) is 13.1 Å². The zero-order chi connectivity index (χ0) is 14.2. The fraction of sp³-hybridized carbons (Fsp3) is 0.500. The zero-order valence-electron chi connectivity index (χ0n) is 11.3. The summed E-state index contributed by atoms with van der Waals surface area (Å²) >= 11 is 0. The number of rotatable bonds is 1. The molecule has 1 heterocycles. The molecule has 1 aliphatic rings. The number of nitrogens with zero attached hydrogens (tertiary/aromatic N) is 1. The molecule has 104 valence electrons. The van der Waals surface area contributed by atoms with Gasteiger partial charge in [-0.15, -0.1) is 0 Å². The van der Waals surface area contributed by atoms with Crippen molar-refractivity contribution in [3.8, 4) is 0 Å². The lowest BCUT2D eigenvalue weighted by Gasteiger charge is -2.36. The third-order valence-electron chi connectivity index (χ3n) is 3.32. The van der Waals surface area contributed by atoms with E-state index in [1.165, 1.54) is 6.92 Å². The Morgan fingerprint density at radius 2 is 1.79 bits per heavy atom. The molecule has 1 fully saturated rings. The van der Waals surface area contributed by atoms with Crippen molar-refractivity contribution in [1.82, 2.24) is 10.2 Å². The van der Waals surface area contributed by atoms with Gasteiger partial charge in [0.2, 0.25) is 0 Å². The van der Waals surface area contributed by atoms with Crippen molar-refractivity contribution in [1.29, 1.82) is 0 Å². The SMILES string of the molecule is Cc1cc(F)c(C(=O)N2CC(C)NC(C)C2)cc1F. The van der Waals surface area contributed by atoms with Crippen LogP contribution in [0, 0.1) is 18.6 Å². The van der Waals surface area contributed by atoms with E-state index in [-0.39, 0.29) is 23.2 Å². The Hall–Kier alpha value is -1.49. The third kappa shape index (κ3) is 2.92. The van der Waals surface area contributed by atoms with Gasteiger partial charge in [-0.25, -0.2) is 8.78 Å². The summed E-state index contributed by atoms with van der Waals surface area (Å²) in [5, 5.41) is 3.29. The van der Waals surface area contributed by atoms with Crippen LogP contribution in [0.15, 0.2) is 12.1 Å². The van der Waals surface area contributed by atoms with Gasteiger partial charge in [-0.05, 0) is 38.5 Å². The number of amides is 1. The zero-order valence-corrected chi connectivity index (χ0v) is 11.3. The van der Waals surface area contributed by atoms with Gasteiger partial charge in [-0.3, -0.25) is 4.79 Å². The number of halogens is 2. The third-order valence-corrected chi connectivity index (χ3v) is 3.32. The molecule has 2 unspecified atom stereocenters. The quantitative estimate of drug-likeness (QED) is 0.846. The molecule has 2 rings (SSSR count). The van der Waals surface area contributed by atoms with Crippen LogP contribution in [0.25, 0.3) is 0 Å². The highest BCUT2D eigenvalue weighted by Gasteiger charge is 2.27. The summed E-state index contributed by atoms with van der Waals surface area (Å²) in [4.78, 5) is 13.8. The summed E-state index contributed by atoms with van der Waals surface area (Å²) in [6, 6.07) is 2.35. The lowest BCUT2D eigenvalue weighted by atomic mass is 10.1. The molecule has 0 aliphatic carbocycles. The molecular formula is C14H18F2N2O. The Morgan fingerprint density at radius 1 is 1.21 bits per heavy atom. The van der Waals surface area contributed by atoms with Gasteiger partial charge in [-0.1, -0.05) is 0 Å². The number of piperazine rings is 1. The smallest absolute Gasteiger partial charge is 0.257 e. The van der Waals surface area contributed by atoms with Crippen molar-refractivity contribution in [2.24, 2.45) is 0 Å². The van der Waals surface area contributed by atoms with Crippen LogP contribution >= 0.6 is 0 Å². The second-order valence-electron chi connectivity index (χ2n) is 5.26. The van der Waals surface area contributed by atoms with Gasteiger partial charge in [0.1, 0.15) is 11.6 Å². The maximum Gasteiger partial charge on any atom is 0.257 e. The van der Waals surface area contributed by atoms with Crippen LogP contribution in [0.2, 0.25) is 0 Å². The molecule has 1 aliphatic heterocycles. The number of nitrogens with one attached hydrogen (secondary N) is 1. The molecule has 1 N–H and O–H groups in total. The molecule has 2 atom stereocenters. The van der Waals surface area contributed by atoms with Crippen LogP contribution < -0.4 is 5.32 Å². The second kappa shape index (κ2) is 5.25. The molecule has 0 spiro atoms. The molecule has 0 aromatic heterocycles. The Morgan fingerprint density at radius 3 is 2.37 bits per heavy atom. The van der Waals surface area contributed by atoms with E-state index in [0.29, 0.717) is 13.1 Å². The minimum absolute atomic E-state index is 0.144. The topological polar surface area (TPSA) is 32.3 Å². The molecule has 19 heavy (non-hydrogen) atoms. The second-order valence-corrected chi connectivity index (χ2v) is 5.26. The van der Waals surface area contributed by atoms with Crippen LogP contribution in [0.4, 0.5) is 8.78 Å². The van der Waals surface area contributed by atoms with Crippen LogP contribution in [-0.4, -0.2) is 36.0 Å². The Kier molecular flexibility index (Phi) is 3.85. The molecule has 1 aromatic rings. The van der Waals surface area contributed by atoms with Crippen molar-refractivity contribution in [3.05, 3.63) is 34.9 Å². The van der Waals surface area contributed by atoms with E-state index in [4.69, 9.17) is 0 Å². The number of hydrogen-bond donors (Lipinski definition) is 1. The van der Waals surface area contributed by atoms with Crippen molar-refractivity contribution < 1.29 is 13.6 Å². The molecule has 1 saturated heterocycles. The fourth-order valence-electron chi connectivity index (χ4n) is 2.47. The first-order chi connectivity index (χ1) is 8.88. The average molecular weight is 268 g/mol. The van der Waals surface area contributed by atoms with E-state index in [0.717, 1.165) is 12.1 Å². The molecule has 3 nitrogen and oxygen atoms in total. The van der Waals surface area contributed by atoms with Gasteiger partial charge < -0.3 is 10.2 Å². The molecular weight excluding hydrogens is 250 g/mol. The highest BCUT2D eigenvalue weighted by atomic mass is 19.1. The average Bonchev–Trinajstić information content (AvgIpc) is 2.31. The lowest BCUT2D eigenvalue weighted by molar-refractivity contribution is 0.0668. The Bertz CT molecular complexity index is 494. The molecule has 0 radical (unpaired) electrons. The Balaban J connectivity index is 2.26. The Labute approximate surface area is 111 Å². The molecule has 1 aromatic carbocycles. The summed E-state index contributed by atoms with van der Waals surface area (Å²) in [6.45, 7) is 6.39. The van der Waals surface area contributed by atoms with Gasteiger partial charge in [0.05, 0.1) is 5.56 Å². The first-order valence-electron chi connectivity index (χ1n) is 6.39. The summed E-state index contributed by atoms with van der Waals surface area (Å²) < 4.78 is 27.3. The summed E-state index contributed by atoms with van der Waals surface area (Å²) in [5.74, 6) is -1.67. The number of benzene rings is 1. The lowest BCUT2D eigenvalue weighted by Crippen LogP contribution is -2.55. The minimum atomic E-state index is -0.664. The largest absolute Gasteiger partial charge is 0.335 e. The highest BCUT2D eigenvalue weighted by molar-refractivity contribution is 5.94. The van der Waals surface area contributed by atoms with Gasteiger partial charge in [-0.2, -0.15) is 0 Å². The number of hydrogen-bond acceptors (Lipinski definition) is 2. The van der Waals surface area contributed by atoms with E-state index in [1.807, 2.05) is 13.8 Å². The minimum Gasteiger partial charge on any atom is -0.335 e. The predicted molar refractivity (Wildman–Crippen MR) is 69.1 cm³/mol. The number of aryl methyl sites for hydroxylation is 1. The van der Waals surface area contributed by atoms with E-state index in [9.17, 15) is 13.6 Å². The van der Waals surface area contributed by atoms with E-state index in [2.05, 4.69) is 5.32 Å². The van der Waals surface area contributed by atoms with Crippen LogP contribution in [-0.2, 0) is 0 Å². The summed E-state index contributed by atoms with van der Waals surface area (Å²) in [6.07, 6.45) is 0. The van der Waals surface area contributed by atoms with Crippen LogP contribution in [0.1, 0.15) is 29.8 Å². The molecule has 1 amide bonds. The monoisotopic (exact) mass is 268 g/mol. The standard InChI is InChI=1S/C14H18F2N2O/c1-8-4-13(16)11(5-12(8)15)14(19)18-6-9(2)17-10(3)7-18/h4-5,9-10,17H,6-7H2,1-3H3. The van der Waals surface area contributed by atoms with Crippen LogP contribution in [0.5, 0.6) is 0 Å². The first-order valence-corrected chi connectivity index (χ1v) is 6.39. The summed E-state index contributed by atoms with van der Waals surface area (Å²) in [7, 11) is 0.